The third-order valence-corrected chi connectivity index (χ3v) is 4.80. The van der Waals surface area contributed by atoms with Crippen molar-refractivity contribution in [3.05, 3.63) is 34.3 Å². The Kier molecular flexibility index (Phi) is 7.20. The number of amides is 1. The number of benzene rings is 1. The highest BCUT2D eigenvalue weighted by atomic mass is 35.5. The number of alkyl halides is 1. The lowest BCUT2D eigenvalue weighted by molar-refractivity contribution is -0.143. The van der Waals surface area contributed by atoms with E-state index >= 15 is 0 Å². The Hall–Kier alpha value is -1.66. The van der Waals surface area contributed by atoms with Crippen LogP contribution in [0.4, 0.5) is 4.39 Å². The fourth-order valence-electron chi connectivity index (χ4n) is 3.12. The van der Waals surface area contributed by atoms with Crippen molar-refractivity contribution in [2.45, 2.75) is 37.6 Å². The molecule has 5 nitrogen and oxygen atoms in total. The maximum absolute atomic E-state index is 13.9. The summed E-state index contributed by atoms with van der Waals surface area (Å²) < 4.78 is 24.2. The van der Waals surface area contributed by atoms with Gasteiger partial charge in [-0.25, -0.2) is 0 Å². The predicted octanol–water partition coefficient (Wildman–Crippen LogP) is 3.10. The zero-order valence-corrected chi connectivity index (χ0v) is 15.0. The maximum Gasteiger partial charge on any atom is 0.308 e. The largest absolute Gasteiger partial charge is 0.466 e. The molecule has 0 aliphatic carbocycles. The van der Waals surface area contributed by atoms with Crippen LogP contribution in [0.2, 0.25) is 5.02 Å². The van der Waals surface area contributed by atoms with Crippen LogP contribution in [0.15, 0.2) is 18.2 Å². The molecule has 7 heteroatoms. The number of nitrogens with one attached hydrogen (secondary N) is 1. The number of ether oxygens (including phenoxy) is 2. The van der Waals surface area contributed by atoms with Gasteiger partial charge in [-0.2, -0.15) is 0 Å². The van der Waals surface area contributed by atoms with E-state index in [9.17, 15) is 14.0 Å². The summed E-state index contributed by atoms with van der Waals surface area (Å²) in [7, 11) is 0. The fraction of sp³-hybridized carbons (Fsp3) is 0.556. The molecule has 1 heterocycles. The summed E-state index contributed by atoms with van der Waals surface area (Å²) in [4.78, 5) is 22.8. The van der Waals surface area contributed by atoms with E-state index in [0.717, 1.165) is 5.56 Å². The molecule has 1 saturated heterocycles. The smallest absolute Gasteiger partial charge is 0.308 e. The molecule has 0 saturated carbocycles. The summed E-state index contributed by atoms with van der Waals surface area (Å²) in [5.74, 6) is -0.422. The molecule has 0 radical (unpaired) electrons. The molecule has 1 unspecified atom stereocenters. The summed E-state index contributed by atoms with van der Waals surface area (Å²) in [6, 6.07) is 4.66. The van der Waals surface area contributed by atoms with Crippen LogP contribution in [0.25, 0.3) is 0 Å². The first-order valence-corrected chi connectivity index (χ1v) is 8.72. The molecule has 0 bridgehead atoms. The first-order chi connectivity index (χ1) is 12.0. The van der Waals surface area contributed by atoms with Crippen molar-refractivity contribution < 1.29 is 23.5 Å². The Labute approximate surface area is 151 Å². The number of carbonyl (C=O) groups excluding carboxylic acids is 2. The Morgan fingerprint density at radius 2 is 2.16 bits per heavy atom. The molecule has 0 spiro atoms. The van der Waals surface area contributed by atoms with Gasteiger partial charge in [0, 0.05) is 23.7 Å². The van der Waals surface area contributed by atoms with Crippen LogP contribution in [0.3, 0.4) is 0 Å². The Balaban J connectivity index is 2.34. The number of hydrogen-bond donors (Lipinski definition) is 1. The molecular weight excluding hydrogens is 349 g/mol. The van der Waals surface area contributed by atoms with Crippen LogP contribution in [-0.4, -0.2) is 38.9 Å². The molecule has 1 aliphatic rings. The molecule has 25 heavy (non-hydrogen) atoms. The molecule has 0 aromatic heterocycles. The minimum atomic E-state index is -0.645. The van der Waals surface area contributed by atoms with E-state index in [1.807, 2.05) is 6.07 Å². The highest BCUT2D eigenvalue weighted by Gasteiger charge is 2.35. The first-order valence-electron chi connectivity index (χ1n) is 8.34. The lowest BCUT2D eigenvalue weighted by atomic mass is 9.74. The number of hydrogen-bond acceptors (Lipinski definition) is 4. The number of esters is 1. The lowest BCUT2D eigenvalue weighted by Gasteiger charge is -2.36. The molecule has 1 amide bonds. The van der Waals surface area contributed by atoms with Crippen LogP contribution in [0, 0.1) is 0 Å². The van der Waals surface area contributed by atoms with Crippen molar-refractivity contribution >= 4 is 24.0 Å². The Bertz CT molecular complexity index is 605. The first kappa shape index (κ1) is 19.7. The van der Waals surface area contributed by atoms with Crippen molar-refractivity contribution in [1.29, 1.82) is 0 Å². The van der Waals surface area contributed by atoms with Crippen molar-refractivity contribution in [3.8, 4) is 0 Å². The highest BCUT2D eigenvalue weighted by molar-refractivity contribution is 6.30. The Morgan fingerprint density at radius 3 is 2.76 bits per heavy atom. The molecule has 1 atom stereocenters. The lowest BCUT2D eigenvalue weighted by Crippen LogP contribution is -2.36. The van der Waals surface area contributed by atoms with Crippen LogP contribution in [-0.2, 0) is 24.5 Å². The minimum Gasteiger partial charge on any atom is -0.466 e. The summed E-state index contributed by atoms with van der Waals surface area (Å²) in [6.45, 7) is 2.45. The van der Waals surface area contributed by atoms with Gasteiger partial charge in [0.2, 0.25) is 6.41 Å². The van der Waals surface area contributed by atoms with Crippen LogP contribution in [0.5, 0.6) is 0 Å². The minimum absolute atomic E-state index is 0.0158. The highest BCUT2D eigenvalue weighted by Crippen LogP contribution is 2.38. The van der Waals surface area contributed by atoms with E-state index in [4.69, 9.17) is 21.1 Å². The van der Waals surface area contributed by atoms with E-state index in [1.54, 1.807) is 19.1 Å². The molecule has 1 aliphatic heterocycles. The van der Waals surface area contributed by atoms with Gasteiger partial charge in [0.1, 0.15) is 0 Å². The van der Waals surface area contributed by atoms with Crippen molar-refractivity contribution in [3.63, 3.8) is 0 Å². The zero-order chi connectivity index (χ0) is 18.3. The van der Waals surface area contributed by atoms with Gasteiger partial charge >= 0.3 is 5.97 Å². The molecule has 1 aromatic carbocycles. The second kappa shape index (κ2) is 9.15. The average molecular weight is 372 g/mol. The molecule has 2 rings (SSSR count). The van der Waals surface area contributed by atoms with Crippen LogP contribution >= 0.6 is 11.6 Å². The monoisotopic (exact) mass is 371 g/mol. The van der Waals surface area contributed by atoms with Gasteiger partial charge in [0.25, 0.3) is 0 Å². The van der Waals surface area contributed by atoms with Gasteiger partial charge in [-0.05, 0) is 43.0 Å². The third kappa shape index (κ3) is 4.92. The summed E-state index contributed by atoms with van der Waals surface area (Å²) in [6.07, 6.45) is 1.64. The quantitative estimate of drug-likeness (QED) is 0.563. The molecule has 138 valence electrons. The topological polar surface area (TPSA) is 64.6 Å². The van der Waals surface area contributed by atoms with E-state index in [-0.39, 0.29) is 13.0 Å². The molecular formula is C18H23ClFNO4. The second-order valence-electron chi connectivity index (χ2n) is 6.15. The van der Waals surface area contributed by atoms with Gasteiger partial charge in [-0.1, -0.05) is 17.7 Å². The SMILES string of the molecule is CCOC(=O)CC(NC=O)c1cc(Cl)cc(C2(CF)CCOCC2)c1. The van der Waals surface area contributed by atoms with E-state index in [2.05, 4.69) is 5.32 Å². The van der Waals surface area contributed by atoms with Gasteiger partial charge in [0.15, 0.2) is 0 Å². The predicted molar refractivity (Wildman–Crippen MR) is 92.3 cm³/mol. The third-order valence-electron chi connectivity index (χ3n) is 4.59. The van der Waals surface area contributed by atoms with Crippen LogP contribution in [0.1, 0.15) is 43.4 Å². The average Bonchev–Trinajstić information content (AvgIpc) is 2.61. The van der Waals surface area contributed by atoms with Crippen molar-refractivity contribution in [1.82, 2.24) is 5.32 Å². The van der Waals surface area contributed by atoms with Crippen molar-refractivity contribution in [2.24, 2.45) is 0 Å². The van der Waals surface area contributed by atoms with Gasteiger partial charge in [-0.3, -0.25) is 14.0 Å². The number of halogens is 2. The zero-order valence-electron chi connectivity index (χ0n) is 14.2. The maximum atomic E-state index is 13.9. The number of rotatable bonds is 8. The van der Waals surface area contributed by atoms with E-state index < -0.39 is 24.1 Å². The van der Waals surface area contributed by atoms with E-state index in [1.165, 1.54) is 0 Å². The van der Waals surface area contributed by atoms with Crippen molar-refractivity contribution in [2.75, 3.05) is 26.5 Å². The number of carbonyl (C=O) groups is 2. The van der Waals surface area contributed by atoms with E-state index in [0.29, 0.717) is 43.1 Å². The summed E-state index contributed by atoms with van der Waals surface area (Å²) >= 11 is 6.24. The fourth-order valence-corrected chi connectivity index (χ4v) is 3.37. The van der Waals surface area contributed by atoms with Gasteiger partial charge in [0.05, 0.1) is 25.7 Å². The van der Waals surface area contributed by atoms with Gasteiger partial charge in [-0.15, -0.1) is 0 Å². The van der Waals surface area contributed by atoms with Gasteiger partial charge < -0.3 is 14.8 Å². The molecule has 1 fully saturated rings. The van der Waals surface area contributed by atoms with Crippen LogP contribution < -0.4 is 5.32 Å². The normalized spacial score (nSPS) is 17.6. The Morgan fingerprint density at radius 1 is 1.44 bits per heavy atom. The second-order valence-corrected chi connectivity index (χ2v) is 6.58. The standard InChI is InChI=1S/C18H23ClFNO4/c1-2-25-17(23)10-16(21-12-22)13-7-14(9-15(19)8-13)18(11-20)3-5-24-6-4-18/h7-9,12,16H,2-6,10-11H2,1H3,(H,21,22). The molecule has 1 aromatic rings. The summed E-state index contributed by atoms with van der Waals surface area (Å²) in [5.41, 5.74) is 0.775. The molecule has 1 N–H and O–H groups in total. The summed E-state index contributed by atoms with van der Waals surface area (Å²) in [5, 5.41) is 3.06.